The van der Waals surface area contributed by atoms with Crippen LogP contribution in [0.25, 0.3) is 0 Å². The highest BCUT2D eigenvalue weighted by atomic mass is 19.1. The molecule has 3 nitrogen and oxygen atoms in total. The van der Waals surface area contributed by atoms with Crippen molar-refractivity contribution < 1.29 is 9.18 Å². The Balaban J connectivity index is 1.67. The van der Waals surface area contributed by atoms with Gasteiger partial charge in [-0.05, 0) is 61.7 Å². The van der Waals surface area contributed by atoms with Gasteiger partial charge in [-0.3, -0.25) is 4.79 Å². The summed E-state index contributed by atoms with van der Waals surface area (Å²) in [4.78, 5) is 11.9. The fourth-order valence-electron chi connectivity index (χ4n) is 2.29. The number of benzene rings is 2. The second-order valence-electron chi connectivity index (χ2n) is 5.69. The summed E-state index contributed by atoms with van der Waals surface area (Å²) in [5.41, 5.74) is 3.88. The number of hydrogen-bond donors (Lipinski definition) is 2. The van der Waals surface area contributed by atoms with Gasteiger partial charge in [0.25, 0.3) is 0 Å². The molecule has 0 spiro atoms. The van der Waals surface area contributed by atoms with Gasteiger partial charge in [-0.2, -0.15) is 0 Å². The van der Waals surface area contributed by atoms with E-state index in [0.717, 1.165) is 11.3 Å². The Hall–Kier alpha value is -2.20. The van der Waals surface area contributed by atoms with E-state index in [-0.39, 0.29) is 11.7 Å². The van der Waals surface area contributed by atoms with Crippen LogP contribution in [0.5, 0.6) is 0 Å². The summed E-state index contributed by atoms with van der Waals surface area (Å²) in [5.74, 6) is -0.201. The highest BCUT2D eigenvalue weighted by molar-refractivity contribution is 5.90. The second-order valence-corrected chi connectivity index (χ2v) is 5.69. The second kappa shape index (κ2) is 8.44. The van der Waals surface area contributed by atoms with Gasteiger partial charge in [0.1, 0.15) is 5.82 Å². The van der Waals surface area contributed by atoms with E-state index < -0.39 is 0 Å². The molecule has 0 bridgehead atoms. The van der Waals surface area contributed by atoms with E-state index in [1.165, 1.54) is 11.6 Å². The highest BCUT2D eigenvalue weighted by Crippen LogP contribution is 2.14. The van der Waals surface area contributed by atoms with Crippen LogP contribution >= 0.6 is 0 Å². The first-order valence-corrected chi connectivity index (χ1v) is 7.87. The Bertz CT molecular complexity index is 670. The predicted molar refractivity (Wildman–Crippen MR) is 92.1 cm³/mol. The summed E-state index contributed by atoms with van der Waals surface area (Å²) < 4.78 is 13.4. The third-order valence-electron chi connectivity index (χ3n) is 3.85. The average Bonchev–Trinajstić information content (AvgIpc) is 2.52. The molecule has 0 aliphatic rings. The molecular weight excluding hydrogens is 291 g/mol. The molecule has 0 atom stereocenters. The predicted octanol–water partition coefficient (Wildman–Crippen LogP) is 3.60. The minimum atomic E-state index is -0.179. The number of anilines is 1. The number of amides is 1. The molecule has 0 saturated carbocycles. The molecule has 0 aromatic heterocycles. The first kappa shape index (κ1) is 17.2. The number of carbonyl (C=O) groups is 1. The van der Waals surface area contributed by atoms with E-state index in [0.29, 0.717) is 31.5 Å². The number of halogens is 1. The molecule has 4 heteroatoms. The van der Waals surface area contributed by atoms with Crippen LogP contribution in [0.4, 0.5) is 10.1 Å². The maximum atomic E-state index is 13.4. The fraction of sp³-hybridized carbons (Fsp3) is 0.316. The van der Waals surface area contributed by atoms with Gasteiger partial charge in [-0.25, -0.2) is 4.39 Å². The van der Waals surface area contributed by atoms with Crippen LogP contribution in [0.3, 0.4) is 0 Å². The molecule has 2 N–H and O–H groups in total. The zero-order valence-corrected chi connectivity index (χ0v) is 13.7. The average molecular weight is 314 g/mol. The molecule has 2 aromatic carbocycles. The van der Waals surface area contributed by atoms with Crippen LogP contribution in [0.2, 0.25) is 0 Å². The first-order chi connectivity index (χ1) is 11.1. The normalized spacial score (nSPS) is 10.6. The van der Waals surface area contributed by atoms with Crippen molar-refractivity contribution in [2.24, 2.45) is 0 Å². The van der Waals surface area contributed by atoms with E-state index in [1.807, 2.05) is 38.1 Å². The Kier molecular flexibility index (Phi) is 6.29. The molecule has 0 saturated heterocycles. The molecule has 1 amide bonds. The molecule has 0 fully saturated rings. The summed E-state index contributed by atoms with van der Waals surface area (Å²) in [7, 11) is 0. The number of rotatable bonds is 7. The van der Waals surface area contributed by atoms with Crippen molar-refractivity contribution in [1.29, 1.82) is 0 Å². The smallest absolute Gasteiger partial charge is 0.225 e. The number of nitrogens with one attached hydrogen (secondary N) is 2. The SMILES string of the molecule is Cc1ccc(NC(=O)CCNCCc2ccccc2F)cc1C. The van der Waals surface area contributed by atoms with Crippen molar-refractivity contribution in [3.05, 3.63) is 65.0 Å². The van der Waals surface area contributed by atoms with Crippen molar-refractivity contribution >= 4 is 11.6 Å². The summed E-state index contributed by atoms with van der Waals surface area (Å²) in [6.07, 6.45) is 1.01. The van der Waals surface area contributed by atoms with Crippen LogP contribution in [-0.4, -0.2) is 19.0 Å². The number of hydrogen-bond acceptors (Lipinski definition) is 2. The van der Waals surface area contributed by atoms with E-state index >= 15 is 0 Å². The van der Waals surface area contributed by atoms with Crippen LogP contribution in [-0.2, 0) is 11.2 Å². The Morgan fingerprint density at radius 2 is 1.83 bits per heavy atom. The summed E-state index contributed by atoms with van der Waals surface area (Å²) in [5, 5.41) is 6.06. The van der Waals surface area contributed by atoms with Crippen molar-refractivity contribution in [3.63, 3.8) is 0 Å². The summed E-state index contributed by atoms with van der Waals surface area (Å²) in [6.45, 7) is 5.29. The lowest BCUT2D eigenvalue weighted by Crippen LogP contribution is -2.23. The lowest BCUT2D eigenvalue weighted by molar-refractivity contribution is -0.116. The van der Waals surface area contributed by atoms with Gasteiger partial charge in [0, 0.05) is 18.7 Å². The van der Waals surface area contributed by atoms with Gasteiger partial charge in [0.2, 0.25) is 5.91 Å². The molecule has 0 aliphatic carbocycles. The molecule has 0 unspecified atom stereocenters. The molecule has 122 valence electrons. The Labute approximate surface area is 136 Å². The molecular formula is C19H23FN2O. The largest absolute Gasteiger partial charge is 0.326 e. The lowest BCUT2D eigenvalue weighted by atomic mass is 10.1. The topological polar surface area (TPSA) is 41.1 Å². The number of aryl methyl sites for hydroxylation is 2. The lowest BCUT2D eigenvalue weighted by Gasteiger charge is -2.08. The third kappa shape index (κ3) is 5.49. The zero-order valence-electron chi connectivity index (χ0n) is 13.7. The van der Waals surface area contributed by atoms with Crippen LogP contribution in [0.15, 0.2) is 42.5 Å². The van der Waals surface area contributed by atoms with Crippen molar-refractivity contribution in [3.8, 4) is 0 Å². The quantitative estimate of drug-likeness (QED) is 0.767. The minimum absolute atomic E-state index is 0.0216. The van der Waals surface area contributed by atoms with Gasteiger partial charge in [-0.15, -0.1) is 0 Å². The Morgan fingerprint density at radius 3 is 2.57 bits per heavy atom. The van der Waals surface area contributed by atoms with Gasteiger partial charge >= 0.3 is 0 Å². The third-order valence-corrected chi connectivity index (χ3v) is 3.85. The standard InChI is InChI=1S/C19H23FN2O/c1-14-7-8-17(13-15(14)2)22-19(23)10-12-21-11-9-16-5-3-4-6-18(16)20/h3-8,13,21H,9-12H2,1-2H3,(H,22,23). The number of carbonyl (C=O) groups excluding carboxylic acids is 1. The monoisotopic (exact) mass is 314 g/mol. The van der Waals surface area contributed by atoms with Gasteiger partial charge in [-0.1, -0.05) is 24.3 Å². The maximum absolute atomic E-state index is 13.4. The summed E-state index contributed by atoms with van der Waals surface area (Å²) >= 11 is 0. The summed E-state index contributed by atoms with van der Waals surface area (Å²) in [6, 6.07) is 12.6. The Morgan fingerprint density at radius 1 is 1.04 bits per heavy atom. The molecule has 23 heavy (non-hydrogen) atoms. The van der Waals surface area contributed by atoms with E-state index in [4.69, 9.17) is 0 Å². The first-order valence-electron chi connectivity index (χ1n) is 7.87. The van der Waals surface area contributed by atoms with Gasteiger partial charge in [0.15, 0.2) is 0 Å². The fourth-order valence-corrected chi connectivity index (χ4v) is 2.29. The van der Waals surface area contributed by atoms with Crippen LogP contribution < -0.4 is 10.6 Å². The van der Waals surface area contributed by atoms with Crippen molar-refractivity contribution in [2.45, 2.75) is 26.7 Å². The van der Waals surface area contributed by atoms with Gasteiger partial charge in [0.05, 0.1) is 0 Å². The van der Waals surface area contributed by atoms with Crippen molar-refractivity contribution in [1.82, 2.24) is 5.32 Å². The highest BCUT2D eigenvalue weighted by Gasteiger charge is 2.04. The van der Waals surface area contributed by atoms with E-state index in [1.54, 1.807) is 12.1 Å². The maximum Gasteiger partial charge on any atom is 0.225 e. The molecule has 0 heterocycles. The van der Waals surface area contributed by atoms with Crippen molar-refractivity contribution in [2.75, 3.05) is 18.4 Å². The van der Waals surface area contributed by atoms with Crippen LogP contribution in [0, 0.1) is 19.7 Å². The van der Waals surface area contributed by atoms with Gasteiger partial charge < -0.3 is 10.6 Å². The molecule has 2 aromatic rings. The zero-order chi connectivity index (χ0) is 16.7. The minimum Gasteiger partial charge on any atom is -0.326 e. The van der Waals surface area contributed by atoms with E-state index in [9.17, 15) is 9.18 Å². The van der Waals surface area contributed by atoms with E-state index in [2.05, 4.69) is 10.6 Å². The van der Waals surface area contributed by atoms with Crippen LogP contribution in [0.1, 0.15) is 23.1 Å². The molecule has 0 aliphatic heterocycles. The molecule has 2 rings (SSSR count). The molecule has 0 radical (unpaired) electrons.